The van der Waals surface area contributed by atoms with E-state index in [1.807, 2.05) is 0 Å². The number of primary amides is 1. The Morgan fingerprint density at radius 1 is 1.38 bits per heavy atom. The molecule has 1 aromatic carbocycles. The standard InChI is InChI=1S/C15H14ClF3N2O3/c16-11-3-1-9(7-10(11)15(17,18)19)2-4-13(22)21-5-6-24-12(8-21)14(20)23/h1-4,7,12H,5-6,8H2,(H2,20,23)/b4-2+. The Morgan fingerprint density at radius 3 is 2.71 bits per heavy atom. The molecule has 0 spiro atoms. The first-order valence-corrected chi connectivity index (χ1v) is 7.31. The Morgan fingerprint density at radius 2 is 2.08 bits per heavy atom. The van der Waals surface area contributed by atoms with Gasteiger partial charge in [-0.25, -0.2) is 0 Å². The lowest BCUT2D eigenvalue weighted by Crippen LogP contribution is -2.50. The van der Waals surface area contributed by atoms with E-state index in [-0.39, 0.29) is 25.3 Å². The van der Waals surface area contributed by atoms with E-state index in [0.29, 0.717) is 0 Å². The normalized spacial score (nSPS) is 18.8. The molecule has 2 N–H and O–H groups in total. The van der Waals surface area contributed by atoms with Crippen molar-refractivity contribution in [3.05, 3.63) is 40.4 Å². The Bertz CT molecular complexity index is 676. The summed E-state index contributed by atoms with van der Waals surface area (Å²) in [7, 11) is 0. The molecule has 0 radical (unpaired) electrons. The van der Waals surface area contributed by atoms with Crippen LogP contribution in [0.2, 0.25) is 5.02 Å². The molecule has 2 rings (SSSR count). The number of benzene rings is 1. The molecule has 1 atom stereocenters. The predicted molar refractivity (Wildman–Crippen MR) is 81.0 cm³/mol. The third-order valence-electron chi connectivity index (χ3n) is 3.41. The van der Waals surface area contributed by atoms with Gasteiger partial charge in [0.05, 0.1) is 23.7 Å². The van der Waals surface area contributed by atoms with E-state index < -0.39 is 34.7 Å². The molecule has 1 aromatic rings. The molecule has 5 nitrogen and oxygen atoms in total. The van der Waals surface area contributed by atoms with E-state index in [1.54, 1.807) is 0 Å². The summed E-state index contributed by atoms with van der Waals surface area (Å²) >= 11 is 5.53. The van der Waals surface area contributed by atoms with Crippen molar-refractivity contribution in [3.8, 4) is 0 Å². The summed E-state index contributed by atoms with van der Waals surface area (Å²) < 4.78 is 43.5. The average Bonchev–Trinajstić information content (AvgIpc) is 2.52. The average molecular weight is 363 g/mol. The fraction of sp³-hybridized carbons (Fsp3) is 0.333. The summed E-state index contributed by atoms with van der Waals surface area (Å²) in [5.41, 5.74) is 4.33. The number of nitrogens with two attached hydrogens (primary N) is 1. The van der Waals surface area contributed by atoms with Gasteiger partial charge in [-0.05, 0) is 23.8 Å². The first kappa shape index (κ1) is 18.3. The quantitative estimate of drug-likeness (QED) is 0.837. The van der Waals surface area contributed by atoms with Gasteiger partial charge in [0.2, 0.25) is 11.8 Å². The molecule has 1 fully saturated rings. The van der Waals surface area contributed by atoms with Crippen molar-refractivity contribution in [2.24, 2.45) is 5.73 Å². The van der Waals surface area contributed by atoms with Crippen molar-refractivity contribution in [1.29, 1.82) is 0 Å². The zero-order chi connectivity index (χ0) is 17.9. The summed E-state index contributed by atoms with van der Waals surface area (Å²) in [6.45, 7) is 0.431. The molecule has 24 heavy (non-hydrogen) atoms. The van der Waals surface area contributed by atoms with Gasteiger partial charge < -0.3 is 15.4 Å². The van der Waals surface area contributed by atoms with E-state index in [1.165, 1.54) is 17.0 Å². The summed E-state index contributed by atoms with van der Waals surface area (Å²) in [6, 6.07) is 3.34. The van der Waals surface area contributed by atoms with Gasteiger partial charge in [-0.3, -0.25) is 9.59 Å². The Hall–Kier alpha value is -2.06. The van der Waals surface area contributed by atoms with Crippen LogP contribution in [0, 0.1) is 0 Å². The van der Waals surface area contributed by atoms with Gasteiger partial charge in [-0.2, -0.15) is 13.2 Å². The molecular formula is C15H14ClF3N2O3. The minimum absolute atomic E-state index is 0.00687. The van der Waals surface area contributed by atoms with Crippen LogP contribution in [0.4, 0.5) is 13.2 Å². The molecule has 1 heterocycles. The molecule has 1 aliphatic heterocycles. The molecule has 0 bridgehead atoms. The Labute approximate surface area is 140 Å². The molecule has 1 saturated heterocycles. The summed E-state index contributed by atoms with van der Waals surface area (Å²) in [4.78, 5) is 24.5. The van der Waals surface area contributed by atoms with Crippen molar-refractivity contribution in [3.63, 3.8) is 0 Å². The van der Waals surface area contributed by atoms with Crippen LogP contribution < -0.4 is 5.73 Å². The molecule has 1 unspecified atom stereocenters. The van der Waals surface area contributed by atoms with Crippen LogP contribution in [0.25, 0.3) is 6.08 Å². The topological polar surface area (TPSA) is 72.6 Å². The molecular weight excluding hydrogens is 349 g/mol. The van der Waals surface area contributed by atoms with Crippen LogP contribution in [0.3, 0.4) is 0 Å². The number of nitrogens with zero attached hydrogens (tertiary/aromatic N) is 1. The van der Waals surface area contributed by atoms with Gasteiger partial charge in [0.15, 0.2) is 6.10 Å². The smallest absolute Gasteiger partial charge is 0.367 e. The zero-order valence-corrected chi connectivity index (χ0v) is 13.1. The van der Waals surface area contributed by atoms with Crippen molar-refractivity contribution < 1.29 is 27.5 Å². The monoisotopic (exact) mass is 362 g/mol. The lowest BCUT2D eigenvalue weighted by molar-refractivity contribution is -0.142. The Balaban J connectivity index is 2.10. The lowest BCUT2D eigenvalue weighted by atomic mass is 10.1. The van der Waals surface area contributed by atoms with Crippen molar-refractivity contribution in [1.82, 2.24) is 4.90 Å². The number of hydrogen-bond acceptors (Lipinski definition) is 3. The maximum absolute atomic E-state index is 12.8. The van der Waals surface area contributed by atoms with Gasteiger partial charge in [0, 0.05) is 12.6 Å². The molecule has 9 heteroatoms. The fourth-order valence-corrected chi connectivity index (χ4v) is 2.38. The van der Waals surface area contributed by atoms with Crippen LogP contribution in [-0.4, -0.2) is 42.5 Å². The van der Waals surface area contributed by atoms with E-state index in [2.05, 4.69) is 0 Å². The summed E-state index contributed by atoms with van der Waals surface area (Å²) in [6.07, 6.45) is -3.08. The second-order valence-corrected chi connectivity index (χ2v) is 5.52. The van der Waals surface area contributed by atoms with Crippen LogP contribution in [0.15, 0.2) is 24.3 Å². The third kappa shape index (κ3) is 4.48. The molecule has 0 aliphatic carbocycles. The van der Waals surface area contributed by atoms with Crippen LogP contribution in [0.5, 0.6) is 0 Å². The number of rotatable bonds is 3. The minimum Gasteiger partial charge on any atom is -0.367 e. The number of ether oxygens (including phenoxy) is 1. The van der Waals surface area contributed by atoms with Crippen molar-refractivity contribution in [2.45, 2.75) is 12.3 Å². The zero-order valence-electron chi connectivity index (χ0n) is 12.3. The molecule has 130 valence electrons. The minimum atomic E-state index is -4.58. The molecule has 1 aliphatic rings. The summed E-state index contributed by atoms with van der Waals surface area (Å²) in [5.74, 6) is -1.13. The first-order chi connectivity index (χ1) is 11.2. The number of carbonyl (C=O) groups excluding carboxylic acids is 2. The third-order valence-corrected chi connectivity index (χ3v) is 3.74. The maximum atomic E-state index is 12.8. The summed E-state index contributed by atoms with van der Waals surface area (Å²) in [5, 5.41) is -0.413. The van der Waals surface area contributed by atoms with E-state index in [4.69, 9.17) is 22.1 Å². The first-order valence-electron chi connectivity index (χ1n) is 6.93. The second kappa shape index (κ2) is 7.23. The number of alkyl halides is 3. The highest BCUT2D eigenvalue weighted by molar-refractivity contribution is 6.31. The number of carbonyl (C=O) groups is 2. The fourth-order valence-electron chi connectivity index (χ4n) is 2.16. The van der Waals surface area contributed by atoms with Gasteiger partial charge in [0.1, 0.15) is 0 Å². The number of amides is 2. The van der Waals surface area contributed by atoms with Gasteiger partial charge in [-0.15, -0.1) is 0 Å². The van der Waals surface area contributed by atoms with Crippen molar-refractivity contribution >= 4 is 29.5 Å². The lowest BCUT2D eigenvalue weighted by Gasteiger charge is -2.30. The van der Waals surface area contributed by atoms with Crippen LogP contribution >= 0.6 is 11.6 Å². The maximum Gasteiger partial charge on any atom is 0.417 e. The van der Waals surface area contributed by atoms with Crippen LogP contribution in [-0.2, 0) is 20.5 Å². The number of hydrogen-bond donors (Lipinski definition) is 1. The van der Waals surface area contributed by atoms with E-state index >= 15 is 0 Å². The Kier molecular flexibility index (Phi) is 5.51. The van der Waals surface area contributed by atoms with Gasteiger partial charge in [-0.1, -0.05) is 17.7 Å². The highest BCUT2D eigenvalue weighted by Crippen LogP contribution is 2.35. The van der Waals surface area contributed by atoms with Crippen LogP contribution in [0.1, 0.15) is 11.1 Å². The highest BCUT2D eigenvalue weighted by atomic mass is 35.5. The predicted octanol–water partition coefficient (Wildman–Crippen LogP) is 2.08. The molecule has 2 amide bonds. The molecule has 0 saturated carbocycles. The number of morpholine rings is 1. The highest BCUT2D eigenvalue weighted by Gasteiger charge is 2.33. The number of halogens is 4. The van der Waals surface area contributed by atoms with Gasteiger partial charge >= 0.3 is 6.18 Å². The van der Waals surface area contributed by atoms with Crippen molar-refractivity contribution in [2.75, 3.05) is 19.7 Å². The largest absolute Gasteiger partial charge is 0.417 e. The van der Waals surface area contributed by atoms with Gasteiger partial charge in [0.25, 0.3) is 0 Å². The van der Waals surface area contributed by atoms with E-state index in [0.717, 1.165) is 18.2 Å². The SMILES string of the molecule is NC(=O)C1CN(C(=O)/C=C/c2ccc(Cl)c(C(F)(F)F)c2)CCO1. The molecule has 0 aromatic heterocycles. The second-order valence-electron chi connectivity index (χ2n) is 5.12. The van der Waals surface area contributed by atoms with E-state index in [9.17, 15) is 22.8 Å².